The Morgan fingerprint density at radius 2 is 2.17 bits per heavy atom. The lowest BCUT2D eigenvalue weighted by molar-refractivity contribution is -0.128. The van der Waals surface area contributed by atoms with E-state index in [0.29, 0.717) is 18.9 Å². The third kappa shape index (κ3) is 3.10. The number of hydrogen-bond acceptors (Lipinski definition) is 2. The molecule has 0 saturated carbocycles. The summed E-state index contributed by atoms with van der Waals surface area (Å²) >= 11 is 3.36. The van der Waals surface area contributed by atoms with Gasteiger partial charge in [-0.05, 0) is 39.4 Å². The van der Waals surface area contributed by atoms with Crippen LogP contribution in [-0.2, 0) is 11.3 Å². The number of hydrogen-bond donors (Lipinski definition) is 0. The molecule has 1 atom stereocenters. The Balaban J connectivity index is 2.03. The molecule has 0 radical (unpaired) electrons. The second kappa shape index (κ2) is 5.00. The maximum Gasteiger partial charge on any atom is 0.223 e. The van der Waals surface area contributed by atoms with Crippen molar-refractivity contribution < 1.29 is 4.79 Å². The van der Waals surface area contributed by atoms with Crippen molar-refractivity contribution in [2.75, 3.05) is 6.54 Å². The van der Waals surface area contributed by atoms with Crippen LogP contribution in [0.4, 0.5) is 0 Å². The van der Waals surface area contributed by atoms with Crippen molar-refractivity contribution in [2.24, 2.45) is 11.3 Å². The van der Waals surface area contributed by atoms with Crippen LogP contribution in [-0.4, -0.2) is 22.3 Å². The van der Waals surface area contributed by atoms with Gasteiger partial charge >= 0.3 is 0 Å². The summed E-state index contributed by atoms with van der Waals surface area (Å²) in [7, 11) is 0. The molecule has 2 heterocycles. The first-order valence-corrected chi connectivity index (χ1v) is 7.04. The monoisotopic (exact) mass is 310 g/mol. The summed E-state index contributed by atoms with van der Waals surface area (Å²) in [6, 6.07) is 3.92. The number of rotatable bonds is 2. The number of likely N-dealkylation sites (tertiary alicyclic amines) is 1. The van der Waals surface area contributed by atoms with Crippen LogP contribution in [0.15, 0.2) is 22.8 Å². The summed E-state index contributed by atoms with van der Waals surface area (Å²) in [6.45, 7) is 8.07. The summed E-state index contributed by atoms with van der Waals surface area (Å²) in [5.74, 6) is 0.695. The highest BCUT2D eigenvalue weighted by atomic mass is 79.9. The Morgan fingerprint density at radius 1 is 1.44 bits per heavy atom. The molecule has 1 aliphatic heterocycles. The molecule has 0 N–H and O–H groups in total. The molecule has 18 heavy (non-hydrogen) atoms. The second-order valence-electron chi connectivity index (χ2n) is 6.01. The van der Waals surface area contributed by atoms with Crippen molar-refractivity contribution in [3.05, 3.63) is 28.5 Å². The van der Waals surface area contributed by atoms with E-state index in [4.69, 9.17) is 0 Å². The lowest BCUT2D eigenvalue weighted by Crippen LogP contribution is -2.27. The quantitative estimate of drug-likeness (QED) is 0.840. The fourth-order valence-corrected chi connectivity index (χ4v) is 2.44. The molecule has 2 rings (SSSR count). The summed E-state index contributed by atoms with van der Waals surface area (Å²) < 4.78 is 0.964. The minimum Gasteiger partial charge on any atom is -0.336 e. The molecule has 1 saturated heterocycles. The molecular weight excluding hydrogens is 292 g/mol. The maximum absolute atomic E-state index is 12.0. The molecule has 1 unspecified atom stereocenters. The Morgan fingerprint density at radius 3 is 2.67 bits per heavy atom. The topological polar surface area (TPSA) is 33.2 Å². The van der Waals surface area contributed by atoms with Crippen molar-refractivity contribution in [2.45, 2.75) is 33.7 Å². The Labute approximate surface area is 117 Å². The van der Waals surface area contributed by atoms with Gasteiger partial charge in [0, 0.05) is 23.6 Å². The fraction of sp³-hybridized carbons (Fsp3) is 0.571. The van der Waals surface area contributed by atoms with Gasteiger partial charge in [-0.25, -0.2) is 0 Å². The van der Waals surface area contributed by atoms with Crippen molar-refractivity contribution >= 4 is 21.8 Å². The maximum atomic E-state index is 12.0. The van der Waals surface area contributed by atoms with Crippen LogP contribution >= 0.6 is 15.9 Å². The molecule has 1 aromatic rings. The summed E-state index contributed by atoms with van der Waals surface area (Å²) in [5.41, 5.74) is 1.14. The van der Waals surface area contributed by atoms with Crippen LogP contribution in [0.1, 0.15) is 32.9 Å². The van der Waals surface area contributed by atoms with E-state index in [9.17, 15) is 4.79 Å². The normalized spacial score (nSPS) is 20.6. The van der Waals surface area contributed by atoms with E-state index >= 15 is 0 Å². The van der Waals surface area contributed by atoms with Gasteiger partial charge in [-0.3, -0.25) is 9.78 Å². The van der Waals surface area contributed by atoms with Crippen LogP contribution in [0, 0.1) is 11.3 Å². The largest absolute Gasteiger partial charge is 0.336 e. The third-order valence-corrected chi connectivity index (χ3v) is 4.05. The summed E-state index contributed by atoms with van der Waals surface area (Å²) in [4.78, 5) is 18.2. The zero-order valence-corrected chi connectivity index (χ0v) is 12.7. The number of carbonyl (C=O) groups is 1. The van der Waals surface area contributed by atoms with E-state index < -0.39 is 0 Å². The van der Waals surface area contributed by atoms with Crippen molar-refractivity contribution in [3.63, 3.8) is 0 Å². The van der Waals surface area contributed by atoms with Gasteiger partial charge in [0.1, 0.15) is 0 Å². The second-order valence-corrected chi connectivity index (χ2v) is 6.92. The first-order valence-electron chi connectivity index (χ1n) is 6.24. The molecule has 3 nitrogen and oxygen atoms in total. The van der Waals surface area contributed by atoms with E-state index in [2.05, 4.69) is 41.7 Å². The van der Waals surface area contributed by atoms with Gasteiger partial charge in [0.15, 0.2) is 0 Å². The van der Waals surface area contributed by atoms with Gasteiger partial charge in [0.05, 0.1) is 12.2 Å². The summed E-state index contributed by atoms with van der Waals surface area (Å²) in [6.07, 6.45) is 2.44. The van der Waals surface area contributed by atoms with Crippen LogP contribution in [0.2, 0.25) is 0 Å². The van der Waals surface area contributed by atoms with E-state index in [1.807, 2.05) is 17.0 Å². The highest BCUT2D eigenvalue weighted by molar-refractivity contribution is 9.10. The Bertz CT molecular complexity index is 436. The third-order valence-electron chi connectivity index (χ3n) is 3.58. The molecule has 0 aromatic carbocycles. The molecule has 1 aromatic heterocycles. The first kappa shape index (κ1) is 13.5. The molecule has 0 spiro atoms. The summed E-state index contributed by atoms with van der Waals surface area (Å²) in [5, 5.41) is 0. The van der Waals surface area contributed by atoms with Gasteiger partial charge in [0.25, 0.3) is 0 Å². The molecule has 1 aliphatic rings. The van der Waals surface area contributed by atoms with Gasteiger partial charge in [-0.1, -0.05) is 20.8 Å². The van der Waals surface area contributed by atoms with Crippen molar-refractivity contribution in [3.8, 4) is 0 Å². The smallest absolute Gasteiger partial charge is 0.223 e. The Kier molecular flexibility index (Phi) is 3.76. The molecule has 1 fully saturated rings. The van der Waals surface area contributed by atoms with Crippen molar-refractivity contribution in [1.29, 1.82) is 0 Å². The zero-order chi connectivity index (χ0) is 13.3. The lowest BCUT2D eigenvalue weighted by atomic mass is 9.80. The van der Waals surface area contributed by atoms with Crippen LogP contribution < -0.4 is 0 Å². The number of pyridine rings is 1. The van der Waals surface area contributed by atoms with Gasteiger partial charge in [0.2, 0.25) is 5.91 Å². The van der Waals surface area contributed by atoms with Crippen molar-refractivity contribution in [1.82, 2.24) is 9.88 Å². The molecule has 0 bridgehead atoms. The number of nitrogens with zero attached hydrogens (tertiary/aromatic N) is 2. The highest BCUT2D eigenvalue weighted by Crippen LogP contribution is 2.34. The Hall–Kier alpha value is -0.900. The lowest BCUT2D eigenvalue weighted by Gasteiger charge is -2.26. The number of amides is 1. The highest BCUT2D eigenvalue weighted by Gasteiger charge is 2.36. The van der Waals surface area contributed by atoms with Crippen LogP contribution in [0.25, 0.3) is 0 Å². The fourth-order valence-electron chi connectivity index (χ4n) is 2.20. The van der Waals surface area contributed by atoms with Gasteiger partial charge in [-0.15, -0.1) is 0 Å². The standard InChI is InChI=1S/C14H19BrN2O/c1-14(2,3)10-6-13(18)17(8-10)9-12-5-4-11(15)7-16-12/h4-5,7,10H,6,8-9H2,1-3H3. The van der Waals surface area contributed by atoms with E-state index in [1.165, 1.54) is 0 Å². The van der Waals surface area contributed by atoms with Crippen LogP contribution in [0.3, 0.4) is 0 Å². The van der Waals surface area contributed by atoms with E-state index in [0.717, 1.165) is 16.7 Å². The minimum atomic E-state index is 0.192. The average molecular weight is 311 g/mol. The predicted octanol–water partition coefficient (Wildman–Crippen LogP) is 3.24. The number of halogens is 1. The van der Waals surface area contributed by atoms with Gasteiger partial charge in [-0.2, -0.15) is 0 Å². The van der Waals surface area contributed by atoms with Gasteiger partial charge < -0.3 is 4.90 Å². The number of carbonyl (C=O) groups excluding carboxylic acids is 1. The minimum absolute atomic E-state index is 0.192. The SMILES string of the molecule is CC(C)(C)C1CC(=O)N(Cc2ccc(Br)cn2)C1. The molecular formula is C14H19BrN2O. The van der Waals surface area contributed by atoms with Crippen LogP contribution in [0.5, 0.6) is 0 Å². The molecule has 4 heteroatoms. The number of aromatic nitrogens is 1. The predicted molar refractivity (Wildman–Crippen MR) is 74.9 cm³/mol. The molecule has 98 valence electrons. The zero-order valence-electron chi connectivity index (χ0n) is 11.1. The van der Waals surface area contributed by atoms with E-state index in [-0.39, 0.29) is 11.3 Å². The molecule has 1 amide bonds. The average Bonchev–Trinajstić information content (AvgIpc) is 2.63. The van der Waals surface area contributed by atoms with E-state index in [1.54, 1.807) is 6.20 Å². The first-order chi connectivity index (χ1) is 8.36. The molecule has 0 aliphatic carbocycles.